The minimum atomic E-state index is -4.36. The Morgan fingerprint density at radius 2 is 2.08 bits per heavy atom. The van der Waals surface area contributed by atoms with Gasteiger partial charge in [0.1, 0.15) is 5.75 Å². The number of nitrogens with one attached hydrogen (secondary N) is 2. The third-order valence-corrected chi connectivity index (χ3v) is 4.87. The summed E-state index contributed by atoms with van der Waals surface area (Å²) in [5, 5.41) is 6.20. The van der Waals surface area contributed by atoms with Crippen LogP contribution in [0.5, 0.6) is 5.75 Å². The largest absolute Gasteiger partial charge is 0.484 e. The van der Waals surface area contributed by atoms with E-state index in [0.29, 0.717) is 6.54 Å². The normalized spacial score (nSPS) is 22.2. The number of ether oxygens (including phenoxy) is 1. The number of alkyl halides is 3. The van der Waals surface area contributed by atoms with Crippen LogP contribution in [0.2, 0.25) is 0 Å². The monoisotopic (exact) mass is 342 g/mol. The van der Waals surface area contributed by atoms with Crippen molar-refractivity contribution in [2.45, 2.75) is 32.0 Å². The lowest BCUT2D eigenvalue weighted by molar-refractivity contribution is -0.153. The predicted molar refractivity (Wildman–Crippen MR) is 82.5 cm³/mol. The van der Waals surface area contributed by atoms with Gasteiger partial charge in [0.2, 0.25) is 5.91 Å². The number of hydrogen-bond donors (Lipinski definition) is 2. The highest BCUT2D eigenvalue weighted by molar-refractivity contribution is 5.82. The Hall–Kier alpha value is -1.76. The zero-order chi connectivity index (χ0) is 17.2. The molecule has 1 amide bonds. The third kappa shape index (κ3) is 4.20. The van der Waals surface area contributed by atoms with Crippen molar-refractivity contribution in [3.8, 4) is 5.75 Å². The van der Waals surface area contributed by atoms with Crippen LogP contribution in [-0.2, 0) is 11.3 Å². The number of rotatable bonds is 5. The van der Waals surface area contributed by atoms with E-state index in [2.05, 4.69) is 10.6 Å². The zero-order valence-electron chi connectivity index (χ0n) is 13.3. The van der Waals surface area contributed by atoms with Gasteiger partial charge in [-0.15, -0.1) is 0 Å². The van der Waals surface area contributed by atoms with Crippen LogP contribution in [0.3, 0.4) is 0 Å². The van der Waals surface area contributed by atoms with Crippen LogP contribution < -0.4 is 15.4 Å². The van der Waals surface area contributed by atoms with Gasteiger partial charge < -0.3 is 15.4 Å². The van der Waals surface area contributed by atoms with Gasteiger partial charge in [0.15, 0.2) is 6.61 Å². The number of piperidine rings is 1. The second-order valence-electron chi connectivity index (χ2n) is 6.64. The van der Waals surface area contributed by atoms with Crippen LogP contribution in [0.25, 0.3) is 0 Å². The smallest absolute Gasteiger partial charge is 0.422 e. The SMILES string of the molecule is O=C(NCc1cccc(OCC(F)(F)F)c1)C1CC12CCNCC2. The van der Waals surface area contributed by atoms with Crippen LogP contribution in [0.15, 0.2) is 24.3 Å². The van der Waals surface area contributed by atoms with Gasteiger partial charge in [0.25, 0.3) is 0 Å². The molecule has 0 bridgehead atoms. The Labute approximate surface area is 138 Å². The van der Waals surface area contributed by atoms with Crippen LogP contribution in [0, 0.1) is 11.3 Å². The van der Waals surface area contributed by atoms with Crippen molar-refractivity contribution < 1.29 is 22.7 Å². The number of halogens is 3. The molecule has 3 rings (SSSR count). The maximum atomic E-state index is 12.3. The van der Waals surface area contributed by atoms with E-state index in [-0.39, 0.29) is 23.0 Å². The van der Waals surface area contributed by atoms with E-state index in [9.17, 15) is 18.0 Å². The Balaban J connectivity index is 1.49. The highest BCUT2D eigenvalue weighted by Gasteiger charge is 2.57. The maximum absolute atomic E-state index is 12.3. The van der Waals surface area contributed by atoms with Gasteiger partial charge in [0, 0.05) is 12.5 Å². The van der Waals surface area contributed by atoms with E-state index in [0.717, 1.165) is 37.9 Å². The van der Waals surface area contributed by atoms with E-state index < -0.39 is 12.8 Å². The van der Waals surface area contributed by atoms with E-state index >= 15 is 0 Å². The second-order valence-corrected chi connectivity index (χ2v) is 6.64. The molecule has 132 valence electrons. The fourth-order valence-corrected chi connectivity index (χ4v) is 3.42. The zero-order valence-corrected chi connectivity index (χ0v) is 13.3. The molecular weight excluding hydrogens is 321 g/mol. The fraction of sp³-hybridized carbons (Fsp3) is 0.588. The average Bonchev–Trinajstić information content (AvgIpc) is 3.24. The van der Waals surface area contributed by atoms with Gasteiger partial charge in [-0.25, -0.2) is 0 Å². The van der Waals surface area contributed by atoms with Gasteiger partial charge in [0.05, 0.1) is 0 Å². The molecule has 1 unspecified atom stereocenters. The highest BCUT2D eigenvalue weighted by atomic mass is 19.4. The van der Waals surface area contributed by atoms with Crippen molar-refractivity contribution in [3.05, 3.63) is 29.8 Å². The number of carbonyl (C=O) groups excluding carboxylic acids is 1. The van der Waals surface area contributed by atoms with Crippen LogP contribution >= 0.6 is 0 Å². The lowest BCUT2D eigenvalue weighted by Crippen LogP contribution is -2.33. The minimum absolute atomic E-state index is 0.0403. The lowest BCUT2D eigenvalue weighted by atomic mass is 9.92. The molecule has 1 heterocycles. The minimum Gasteiger partial charge on any atom is -0.484 e. The standard InChI is InChI=1S/C17H21F3N2O2/c18-17(19,20)11-24-13-3-1-2-12(8-13)10-22-15(23)14-9-16(14)4-6-21-7-5-16/h1-3,8,14,21H,4-7,9-11H2,(H,22,23). The summed E-state index contributed by atoms with van der Waals surface area (Å²) in [5.41, 5.74) is 0.899. The summed E-state index contributed by atoms with van der Waals surface area (Å²) >= 11 is 0. The summed E-state index contributed by atoms with van der Waals surface area (Å²) in [6, 6.07) is 6.38. The molecule has 4 nitrogen and oxygen atoms in total. The van der Waals surface area contributed by atoms with Crippen LogP contribution in [0.4, 0.5) is 13.2 Å². The molecule has 1 saturated carbocycles. The molecule has 2 fully saturated rings. The molecule has 1 aromatic rings. The third-order valence-electron chi connectivity index (χ3n) is 4.87. The van der Waals surface area contributed by atoms with Gasteiger partial charge in [-0.1, -0.05) is 12.1 Å². The number of carbonyl (C=O) groups is 1. The van der Waals surface area contributed by atoms with E-state index in [1.165, 1.54) is 12.1 Å². The number of amides is 1. The van der Waals surface area contributed by atoms with Crippen molar-refractivity contribution in [2.24, 2.45) is 11.3 Å². The summed E-state index contributed by atoms with van der Waals surface area (Å²) in [6.07, 6.45) is -1.35. The van der Waals surface area contributed by atoms with Crippen LogP contribution in [0.1, 0.15) is 24.8 Å². The van der Waals surface area contributed by atoms with E-state index in [1.54, 1.807) is 12.1 Å². The van der Waals surface area contributed by atoms with E-state index in [1.807, 2.05) is 0 Å². The van der Waals surface area contributed by atoms with Crippen LogP contribution in [-0.4, -0.2) is 31.8 Å². The molecule has 0 aromatic heterocycles. The first-order valence-corrected chi connectivity index (χ1v) is 8.15. The van der Waals surface area contributed by atoms with Gasteiger partial charge in [-0.3, -0.25) is 4.79 Å². The summed E-state index contributed by atoms with van der Waals surface area (Å²) in [7, 11) is 0. The summed E-state index contributed by atoms with van der Waals surface area (Å²) in [6.45, 7) is 0.902. The molecule has 0 radical (unpaired) electrons. The molecule has 2 N–H and O–H groups in total. The molecule has 1 atom stereocenters. The molecular formula is C17H21F3N2O2. The maximum Gasteiger partial charge on any atom is 0.422 e. The Bertz CT molecular complexity index is 598. The molecule has 1 saturated heterocycles. The summed E-state index contributed by atoms with van der Waals surface area (Å²) in [4.78, 5) is 12.3. The second kappa shape index (κ2) is 6.63. The van der Waals surface area contributed by atoms with Crippen molar-refractivity contribution in [1.29, 1.82) is 0 Å². The molecule has 1 aliphatic carbocycles. The highest BCUT2D eigenvalue weighted by Crippen LogP contribution is 2.58. The van der Waals surface area contributed by atoms with Crippen molar-refractivity contribution in [2.75, 3.05) is 19.7 Å². The first-order chi connectivity index (χ1) is 11.4. The summed E-state index contributed by atoms with van der Waals surface area (Å²) in [5.74, 6) is 0.267. The molecule has 1 aliphatic heterocycles. The van der Waals surface area contributed by atoms with Gasteiger partial charge in [-0.05, 0) is 55.5 Å². The lowest BCUT2D eigenvalue weighted by Gasteiger charge is -2.23. The average molecular weight is 342 g/mol. The quantitative estimate of drug-likeness (QED) is 0.865. The predicted octanol–water partition coefficient (Wildman–Crippen LogP) is 2.63. The van der Waals surface area contributed by atoms with Gasteiger partial charge >= 0.3 is 6.18 Å². The topological polar surface area (TPSA) is 50.4 Å². The molecule has 1 aromatic carbocycles. The molecule has 7 heteroatoms. The first-order valence-electron chi connectivity index (χ1n) is 8.15. The summed E-state index contributed by atoms with van der Waals surface area (Å²) < 4.78 is 41.3. The molecule has 24 heavy (non-hydrogen) atoms. The van der Waals surface area contributed by atoms with Crippen molar-refractivity contribution in [1.82, 2.24) is 10.6 Å². The first kappa shape index (κ1) is 17.1. The van der Waals surface area contributed by atoms with Crippen molar-refractivity contribution in [3.63, 3.8) is 0 Å². The Morgan fingerprint density at radius 1 is 1.33 bits per heavy atom. The molecule has 1 spiro atoms. The Morgan fingerprint density at radius 3 is 2.79 bits per heavy atom. The van der Waals surface area contributed by atoms with Gasteiger partial charge in [-0.2, -0.15) is 13.2 Å². The fourth-order valence-electron chi connectivity index (χ4n) is 3.42. The van der Waals surface area contributed by atoms with Crippen molar-refractivity contribution >= 4 is 5.91 Å². The number of benzene rings is 1. The Kier molecular flexibility index (Phi) is 4.71. The molecule has 2 aliphatic rings. The van der Waals surface area contributed by atoms with E-state index in [4.69, 9.17) is 4.74 Å². The number of hydrogen-bond acceptors (Lipinski definition) is 3.